The largest absolute Gasteiger partial charge is 0.418 e. The van der Waals surface area contributed by atoms with Crippen LogP contribution in [0.1, 0.15) is 22.5 Å². The molecule has 0 aliphatic heterocycles. The van der Waals surface area contributed by atoms with Gasteiger partial charge in [-0.3, -0.25) is 4.68 Å². The first-order chi connectivity index (χ1) is 9.71. The monoisotopic (exact) mass is 317 g/mol. The quantitative estimate of drug-likeness (QED) is 0.913. The molecular formula is C14H15ClF3N3. The lowest BCUT2D eigenvalue weighted by molar-refractivity contribution is -0.136. The van der Waals surface area contributed by atoms with Crippen molar-refractivity contribution in [3.8, 4) is 0 Å². The Balaban J connectivity index is 2.32. The topological polar surface area (TPSA) is 29.9 Å². The molecule has 0 amide bonds. The Hall–Kier alpha value is -1.69. The van der Waals surface area contributed by atoms with Crippen molar-refractivity contribution in [2.24, 2.45) is 7.05 Å². The molecule has 1 heterocycles. The van der Waals surface area contributed by atoms with Gasteiger partial charge in [0.15, 0.2) is 0 Å². The van der Waals surface area contributed by atoms with Crippen molar-refractivity contribution in [3.63, 3.8) is 0 Å². The van der Waals surface area contributed by atoms with Crippen LogP contribution in [0.15, 0.2) is 18.2 Å². The van der Waals surface area contributed by atoms with E-state index >= 15 is 0 Å². The molecule has 0 bridgehead atoms. The average Bonchev–Trinajstić information content (AvgIpc) is 2.61. The first kappa shape index (κ1) is 15.7. The van der Waals surface area contributed by atoms with Crippen LogP contribution in [0.5, 0.6) is 0 Å². The normalized spacial score (nSPS) is 11.8. The van der Waals surface area contributed by atoms with E-state index < -0.39 is 11.7 Å². The van der Waals surface area contributed by atoms with Gasteiger partial charge in [0, 0.05) is 24.8 Å². The Morgan fingerprint density at radius 1 is 1.29 bits per heavy atom. The molecule has 0 saturated carbocycles. The van der Waals surface area contributed by atoms with Crippen LogP contribution in [0.25, 0.3) is 0 Å². The molecule has 2 rings (SSSR count). The fourth-order valence-electron chi connectivity index (χ4n) is 2.19. The molecule has 0 spiro atoms. The summed E-state index contributed by atoms with van der Waals surface area (Å²) in [4.78, 5) is 0. The zero-order valence-corrected chi connectivity index (χ0v) is 12.6. The first-order valence-corrected chi connectivity index (χ1v) is 6.68. The van der Waals surface area contributed by atoms with E-state index in [-0.39, 0.29) is 17.3 Å². The van der Waals surface area contributed by atoms with Gasteiger partial charge in [0.1, 0.15) is 0 Å². The molecule has 1 aromatic carbocycles. The Morgan fingerprint density at radius 2 is 1.95 bits per heavy atom. The second kappa shape index (κ2) is 5.60. The lowest BCUT2D eigenvalue weighted by atomic mass is 10.1. The van der Waals surface area contributed by atoms with Gasteiger partial charge < -0.3 is 5.32 Å². The summed E-state index contributed by atoms with van der Waals surface area (Å²) < 4.78 is 40.7. The molecule has 0 saturated heterocycles. The van der Waals surface area contributed by atoms with Crippen molar-refractivity contribution in [2.75, 3.05) is 5.32 Å². The molecule has 0 aliphatic carbocycles. The van der Waals surface area contributed by atoms with Crippen LogP contribution in [0.3, 0.4) is 0 Å². The lowest BCUT2D eigenvalue weighted by Crippen LogP contribution is -2.12. The highest BCUT2D eigenvalue weighted by atomic mass is 35.5. The van der Waals surface area contributed by atoms with E-state index in [0.29, 0.717) is 0 Å². The molecule has 7 heteroatoms. The SMILES string of the molecule is Cc1nn(C)c(C)c1CNc1c(Cl)cccc1C(F)(F)F. The molecule has 2 aromatic rings. The van der Waals surface area contributed by atoms with Crippen molar-refractivity contribution in [3.05, 3.63) is 45.7 Å². The molecule has 3 nitrogen and oxygen atoms in total. The van der Waals surface area contributed by atoms with Crippen molar-refractivity contribution in [2.45, 2.75) is 26.6 Å². The number of aryl methyl sites for hydroxylation is 2. The van der Waals surface area contributed by atoms with Gasteiger partial charge in [-0.25, -0.2) is 0 Å². The summed E-state index contributed by atoms with van der Waals surface area (Å²) in [6, 6.07) is 3.73. The summed E-state index contributed by atoms with van der Waals surface area (Å²) in [6.45, 7) is 3.92. The Labute approximate surface area is 125 Å². The van der Waals surface area contributed by atoms with Crippen LogP contribution in [-0.4, -0.2) is 9.78 Å². The minimum atomic E-state index is -4.45. The Kier molecular flexibility index (Phi) is 4.18. The Bertz CT molecular complexity index is 662. The van der Waals surface area contributed by atoms with E-state index in [1.54, 1.807) is 11.7 Å². The molecular weight excluding hydrogens is 303 g/mol. The third kappa shape index (κ3) is 3.15. The van der Waals surface area contributed by atoms with Crippen LogP contribution < -0.4 is 5.32 Å². The molecule has 0 unspecified atom stereocenters. The molecule has 0 fully saturated rings. The average molecular weight is 318 g/mol. The molecule has 1 N–H and O–H groups in total. The van der Waals surface area contributed by atoms with E-state index in [4.69, 9.17) is 11.6 Å². The summed E-state index contributed by atoms with van der Waals surface area (Å²) in [7, 11) is 1.79. The molecule has 0 radical (unpaired) electrons. The second-order valence-corrected chi connectivity index (χ2v) is 5.19. The van der Waals surface area contributed by atoms with Crippen LogP contribution in [0, 0.1) is 13.8 Å². The first-order valence-electron chi connectivity index (χ1n) is 6.30. The maximum atomic E-state index is 13.0. The third-order valence-electron chi connectivity index (χ3n) is 3.42. The van der Waals surface area contributed by atoms with Gasteiger partial charge in [-0.05, 0) is 26.0 Å². The van der Waals surface area contributed by atoms with Gasteiger partial charge in [0.05, 0.1) is 22.0 Å². The maximum absolute atomic E-state index is 13.0. The van der Waals surface area contributed by atoms with Crippen LogP contribution in [0.2, 0.25) is 5.02 Å². The van der Waals surface area contributed by atoms with Crippen molar-refractivity contribution in [1.29, 1.82) is 0 Å². The van der Waals surface area contributed by atoms with Gasteiger partial charge in [0.25, 0.3) is 0 Å². The van der Waals surface area contributed by atoms with Crippen molar-refractivity contribution < 1.29 is 13.2 Å². The summed E-state index contributed by atoms with van der Waals surface area (Å²) in [5.74, 6) is 0. The lowest BCUT2D eigenvalue weighted by Gasteiger charge is -2.16. The zero-order chi connectivity index (χ0) is 15.8. The van der Waals surface area contributed by atoms with Crippen LogP contribution >= 0.6 is 11.6 Å². The van der Waals surface area contributed by atoms with E-state index in [0.717, 1.165) is 23.0 Å². The van der Waals surface area contributed by atoms with Crippen LogP contribution in [-0.2, 0) is 19.8 Å². The highest BCUT2D eigenvalue weighted by Crippen LogP contribution is 2.38. The minimum Gasteiger partial charge on any atom is -0.379 e. The van der Waals surface area contributed by atoms with Crippen molar-refractivity contribution in [1.82, 2.24) is 9.78 Å². The fourth-order valence-corrected chi connectivity index (χ4v) is 2.43. The molecule has 1 aromatic heterocycles. The standard InChI is InChI=1S/C14H15ClF3N3/c1-8-10(9(2)21(3)20-8)7-19-13-11(14(16,17)18)5-4-6-12(13)15/h4-6,19H,7H2,1-3H3. The summed E-state index contributed by atoms with van der Waals surface area (Å²) >= 11 is 5.90. The second-order valence-electron chi connectivity index (χ2n) is 4.79. The van der Waals surface area contributed by atoms with E-state index in [9.17, 15) is 13.2 Å². The molecule has 114 valence electrons. The highest BCUT2D eigenvalue weighted by Gasteiger charge is 2.34. The number of nitrogens with one attached hydrogen (secondary N) is 1. The predicted molar refractivity (Wildman–Crippen MR) is 76.5 cm³/mol. The number of rotatable bonds is 3. The van der Waals surface area contributed by atoms with Gasteiger partial charge in [-0.2, -0.15) is 18.3 Å². The number of hydrogen-bond donors (Lipinski definition) is 1. The van der Waals surface area contributed by atoms with Gasteiger partial charge in [0.2, 0.25) is 0 Å². The van der Waals surface area contributed by atoms with E-state index in [1.807, 2.05) is 13.8 Å². The molecule has 0 atom stereocenters. The third-order valence-corrected chi connectivity index (χ3v) is 3.73. The maximum Gasteiger partial charge on any atom is 0.418 e. The van der Waals surface area contributed by atoms with E-state index in [2.05, 4.69) is 10.4 Å². The number of para-hydroxylation sites is 1. The van der Waals surface area contributed by atoms with Gasteiger partial charge in [-0.1, -0.05) is 17.7 Å². The van der Waals surface area contributed by atoms with E-state index in [1.165, 1.54) is 12.1 Å². The fraction of sp³-hybridized carbons (Fsp3) is 0.357. The summed E-state index contributed by atoms with van der Waals surface area (Å²) in [6.07, 6.45) is -4.45. The van der Waals surface area contributed by atoms with Crippen molar-refractivity contribution >= 4 is 17.3 Å². The minimum absolute atomic E-state index is 0.0454. The van der Waals surface area contributed by atoms with Crippen LogP contribution in [0.4, 0.5) is 18.9 Å². The number of benzene rings is 1. The molecule has 0 aliphatic rings. The number of aromatic nitrogens is 2. The Morgan fingerprint density at radius 3 is 2.48 bits per heavy atom. The number of alkyl halides is 3. The van der Waals surface area contributed by atoms with Gasteiger partial charge in [-0.15, -0.1) is 0 Å². The highest BCUT2D eigenvalue weighted by molar-refractivity contribution is 6.33. The smallest absolute Gasteiger partial charge is 0.379 e. The number of halogens is 4. The summed E-state index contributed by atoms with van der Waals surface area (Å²) in [5, 5.41) is 7.08. The van der Waals surface area contributed by atoms with Gasteiger partial charge >= 0.3 is 6.18 Å². The number of hydrogen-bond acceptors (Lipinski definition) is 2. The zero-order valence-electron chi connectivity index (χ0n) is 11.8. The number of anilines is 1. The summed E-state index contributed by atoms with van der Waals surface area (Å²) in [5.41, 5.74) is 1.68. The number of nitrogens with zero attached hydrogens (tertiary/aromatic N) is 2. The molecule has 21 heavy (non-hydrogen) atoms. The predicted octanol–water partition coefficient (Wildman–Crippen LogP) is 4.32.